The van der Waals surface area contributed by atoms with Crippen molar-refractivity contribution in [2.45, 2.75) is 11.0 Å². The van der Waals surface area contributed by atoms with Crippen molar-refractivity contribution in [2.24, 2.45) is 0 Å². The van der Waals surface area contributed by atoms with E-state index in [0.717, 1.165) is 11.1 Å². The Kier molecular flexibility index (Phi) is 4.33. The molecule has 120 valence electrons. The van der Waals surface area contributed by atoms with Crippen LogP contribution in [0.3, 0.4) is 0 Å². The summed E-state index contributed by atoms with van der Waals surface area (Å²) < 4.78 is 10.9. The van der Waals surface area contributed by atoms with E-state index in [0.29, 0.717) is 33.6 Å². The molecule has 0 amide bonds. The Bertz CT molecular complexity index is 952. The van der Waals surface area contributed by atoms with Gasteiger partial charge in [0.05, 0.1) is 5.75 Å². The summed E-state index contributed by atoms with van der Waals surface area (Å²) in [7, 11) is 0. The molecule has 0 saturated heterocycles. The van der Waals surface area contributed by atoms with Crippen LogP contribution >= 0.6 is 34.7 Å². The smallest absolute Gasteiger partial charge is 0.277 e. The molecule has 0 aliphatic heterocycles. The van der Waals surface area contributed by atoms with Crippen molar-refractivity contribution >= 4 is 34.7 Å². The summed E-state index contributed by atoms with van der Waals surface area (Å²) in [4.78, 5) is 4.35. The third-order valence-corrected chi connectivity index (χ3v) is 4.77. The molecule has 0 unspecified atom stereocenters. The second-order valence-electron chi connectivity index (χ2n) is 4.70. The molecule has 0 bridgehead atoms. The largest absolute Gasteiger partial charge is 0.411 e. The van der Waals surface area contributed by atoms with Crippen LogP contribution in [0.5, 0.6) is 0 Å². The van der Waals surface area contributed by atoms with Gasteiger partial charge in [-0.1, -0.05) is 34.6 Å². The van der Waals surface area contributed by atoms with Crippen molar-refractivity contribution < 1.29 is 8.94 Å². The maximum Gasteiger partial charge on any atom is 0.277 e. The van der Waals surface area contributed by atoms with E-state index in [1.54, 1.807) is 23.5 Å². The lowest BCUT2D eigenvalue weighted by molar-refractivity contribution is 0.391. The first-order chi connectivity index (χ1) is 11.8. The van der Waals surface area contributed by atoms with Crippen LogP contribution in [0.25, 0.3) is 22.8 Å². The van der Waals surface area contributed by atoms with Crippen molar-refractivity contribution in [1.82, 2.24) is 20.3 Å². The SMILES string of the molecule is Clc1cccc(-c2nnc(SCc3nc(-c4ccsc4)no3)o2)c1. The van der Waals surface area contributed by atoms with Crippen molar-refractivity contribution in [1.29, 1.82) is 0 Å². The molecule has 0 radical (unpaired) electrons. The predicted octanol–water partition coefficient (Wildman–Crippen LogP) is 4.79. The minimum atomic E-state index is 0.421. The van der Waals surface area contributed by atoms with Crippen LogP contribution in [-0.2, 0) is 5.75 Å². The molecule has 0 N–H and O–H groups in total. The highest BCUT2D eigenvalue weighted by molar-refractivity contribution is 7.98. The van der Waals surface area contributed by atoms with Gasteiger partial charge in [-0.2, -0.15) is 16.3 Å². The summed E-state index contributed by atoms with van der Waals surface area (Å²) in [5.74, 6) is 1.96. The molecule has 9 heteroatoms. The van der Waals surface area contributed by atoms with Crippen LogP contribution in [0.15, 0.2) is 55.3 Å². The van der Waals surface area contributed by atoms with Gasteiger partial charge >= 0.3 is 0 Å². The molecule has 0 fully saturated rings. The van der Waals surface area contributed by atoms with Gasteiger partial charge in [0, 0.05) is 21.5 Å². The van der Waals surface area contributed by atoms with E-state index in [-0.39, 0.29) is 0 Å². The summed E-state index contributed by atoms with van der Waals surface area (Å²) >= 11 is 8.89. The number of aromatic nitrogens is 4. The highest BCUT2D eigenvalue weighted by atomic mass is 35.5. The molecule has 0 aliphatic carbocycles. The van der Waals surface area contributed by atoms with E-state index in [1.807, 2.05) is 29.0 Å². The number of hydrogen-bond acceptors (Lipinski definition) is 8. The van der Waals surface area contributed by atoms with Gasteiger partial charge in [-0.15, -0.1) is 10.2 Å². The molecule has 0 spiro atoms. The van der Waals surface area contributed by atoms with Crippen molar-refractivity contribution in [3.05, 3.63) is 52.0 Å². The van der Waals surface area contributed by atoms with E-state index in [1.165, 1.54) is 11.8 Å². The molecule has 0 saturated carbocycles. The van der Waals surface area contributed by atoms with Gasteiger partial charge in [0.1, 0.15) is 0 Å². The lowest BCUT2D eigenvalue weighted by atomic mass is 10.2. The number of halogens is 1. The van der Waals surface area contributed by atoms with Crippen LogP contribution in [0.2, 0.25) is 5.02 Å². The second kappa shape index (κ2) is 6.76. The Morgan fingerprint density at radius 1 is 1.17 bits per heavy atom. The maximum absolute atomic E-state index is 5.97. The van der Waals surface area contributed by atoms with E-state index in [9.17, 15) is 0 Å². The quantitative estimate of drug-likeness (QED) is 0.463. The minimum Gasteiger partial charge on any atom is -0.411 e. The fourth-order valence-corrected chi connectivity index (χ4v) is 3.38. The van der Waals surface area contributed by atoms with Gasteiger partial charge in [-0.05, 0) is 29.6 Å². The van der Waals surface area contributed by atoms with Gasteiger partial charge in [-0.3, -0.25) is 0 Å². The summed E-state index contributed by atoms with van der Waals surface area (Å²) in [5.41, 5.74) is 1.72. The van der Waals surface area contributed by atoms with E-state index >= 15 is 0 Å². The number of thioether (sulfide) groups is 1. The molecule has 24 heavy (non-hydrogen) atoms. The predicted molar refractivity (Wildman–Crippen MR) is 91.9 cm³/mol. The van der Waals surface area contributed by atoms with Gasteiger partial charge in [0.25, 0.3) is 5.22 Å². The molecular formula is C15H9ClN4O2S2. The monoisotopic (exact) mass is 376 g/mol. The molecule has 3 aromatic heterocycles. The highest BCUT2D eigenvalue weighted by Gasteiger charge is 2.13. The fourth-order valence-electron chi connectivity index (χ4n) is 1.95. The van der Waals surface area contributed by atoms with Crippen molar-refractivity contribution in [3.63, 3.8) is 0 Å². The van der Waals surface area contributed by atoms with Gasteiger partial charge in [0.2, 0.25) is 17.6 Å². The van der Waals surface area contributed by atoms with Gasteiger partial charge in [-0.25, -0.2) is 0 Å². The summed E-state index contributed by atoms with van der Waals surface area (Å²) in [6, 6.07) is 9.20. The lowest BCUT2D eigenvalue weighted by Crippen LogP contribution is -1.81. The molecule has 1 aromatic carbocycles. The molecule has 0 atom stereocenters. The Hall–Kier alpha value is -2.16. The summed E-state index contributed by atoms with van der Waals surface area (Å²) in [6.45, 7) is 0. The third kappa shape index (κ3) is 3.35. The van der Waals surface area contributed by atoms with Crippen LogP contribution in [0, 0.1) is 0 Å². The van der Waals surface area contributed by atoms with Crippen LogP contribution in [0.1, 0.15) is 5.89 Å². The summed E-state index contributed by atoms with van der Waals surface area (Å²) in [5, 5.41) is 17.0. The zero-order chi connectivity index (χ0) is 16.4. The normalized spacial score (nSPS) is 11.0. The zero-order valence-corrected chi connectivity index (χ0v) is 14.4. The summed E-state index contributed by atoms with van der Waals surface area (Å²) in [6.07, 6.45) is 0. The van der Waals surface area contributed by atoms with Gasteiger partial charge in [0.15, 0.2) is 0 Å². The topological polar surface area (TPSA) is 77.8 Å². The first-order valence-corrected chi connectivity index (χ1v) is 9.16. The molecule has 6 nitrogen and oxygen atoms in total. The van der Waals surface area contributed by atoms with Crippen LogP contribution in [0.4, 0.5) is 0 Å². The number of rotatable bonds is 5. The van der Waals surface area contributed by atoms with E-state index in [2.05, 4.69) is 20.3 Å². The molecule has 3 heterocycles. The average molecular weight is 377 g/mol. The average Bonchev–Trinajstić information content (AvgIpc) is 3.33. The van der Waals surface area contributed by atoms with Crippen molar-refractivity contribution in [2.75, 3.05) is 0 Å². The maximum atomic E-state index is 5.97. The highest BCUT2D eigenvalue weighted by Crippen LogP contribution is 2.27. The number of thiophene rings is 1. The molecule has 4 rings (SSSR count). The Morgan fingerprint density at radius 3 is 2.96 bits per heavy atom. The zero-order valence-electron chi connectivity index (χ0n) is 12.0. The van der Waals surface area contributed by atoms with E-state index in [4.69, 9.17) is 20.5 Å². The Labute approximate surface area is 149 Å². The van der Waals surface area contributed by atoms with Crippen LogP contribution < -0.4 is 0 Å². The first kappa shape index (κ1) is 15.4. The Morgan fingerprint density at radius 2 is 2.12 bits per heavy atom. The first-order valence-electron chi connectivity index (χ1n) is 6.85. The van der Waals surface area contributed by atoms with Gasteiger partial charge < -0.3 is 8.94 Å². The fraction of sp³-hybridized carbons (Fsp3) is 0.0667. The molecular weight excluding hydrogens is 368 g/mol. The molecule has 0 aliphatic rings. The lowest BCUT2D eigenvalue weighted by Gasteiger charge is -1.94. The minimum absolute atomic E-state index is 0.421. The molecule has 4 aromatic rings. The van der Waals surface area contributed by atoms with E-state index < -0.39 is 0 Å². The number of nitrogens with zero attached hydrogens (tertiary/aromatic N) is 4. The Balaban J connectivity index is 1.43. The van der Waals surface area contributed by atoms with Crippen LogP contribution in [-0.4, -0.2) is 20.3 Å². The number of hydrogen-bond donors (Lipinski definition) is 0. The third-order valence-electron chi connectivity index (χ3n) is 3.04. The number of benzene rings is 1. The second-order valence-corrected chi connectivity index (χ2v) is 6.84. The van der Waals surface area contributed by atoms with Crippen molar-refractivity contribution in [3.8, 4) is 22.8 Å². The standard InChI is InChI=1S/C15H9ClN4O2S2/c16-11-3-1-2-9(6-11)14-18-19-15(21-14)24-8-12-17-13(20-22-12)10-4-5-23-7-10/h1-7H,8H2.